The molecule has 14 heavy (non-hydrogen) atoms. The second-order valence-corrected chi connectivity index (χ2v) is 3.34. The molecule has 0 aliphatic heterocycles. The van der Waals surface area contributed by atoms with E-state index in [0.717, 1.165) is 25.1 Å². The first-order valence-electron chi connectivity index (χ1n) is 3.73. The quantitative estimate of drug-likeness (QED) is 0.832. The van der Waals surface area contributed by atoms with Crippen molar-refractivity contribution < 1.29 is 18.7 Å². The van der Waals surface area contributed by atoms with Crippen LogP contribution in [0.3, 0.4) is 0 Å². The van der Waals surface area contributed by atoms with E-state index in [1.54, 1.807) is 0 Å². The van der Waals surface area contributed by atoms with Crippen LogP contribution in [0.4, 0.5) is 8.78 Å². The van der Waals surface area contributed by atoms with Gasteiger partial charge in [-0.1, -0.05) is 17.7 Å². The smallest absolute Gasteiger partial charge is 0.345 e. The molecular formula is C9H7ClF2O2. The van der Waals surface area contributed by atoms with E-state index < -0.39 is 17.5 Å². The minimum Gasteiger partial charge on any atom is -0.479 e. The summed E-state index contributed by atoms with van der Waals surface area (Å²) in [4.78, 5) is 10.5. The molecule has 0 fully saturated rings. The van der Waals surface area contributed by atoms with Gasteiger partial charge in [-0.2, -0.15) is 0 Å². The first kappa shape index (κ1) is 10.9. The van der Waals surface area contributed by atoms with Crippen molar-refractivity contribution in [3.05, 3.63) is 34.6 Å². The molecule has 1 aromatic rings. The van der Waals surface area contributed by atoms with Gasteiger partial charge >= 0.3 is 5.97 Å². The first-order chi connectivity index (χ1) is 6.35. The fraction of sp³-hybridized carbons (Fsp3) is 0.222. The Kier molecular flexibility index (Phi) is 2.76. The Morgan fingerprint density at radius 3 is 2.57 bits per heavy atom. The average Bonchev–Trinajstić information content (AvgIpc) is 2.09. The van der Waals surface area contributed by atoms with Crippen LogP contribution in [0, 0.1) is 5.82 Å². The van der Waals surface area contributed by atoms with Crippen molar-refractivity contribution in [1.29, 1.82) is 0 Å². The van der Waals surface area contributed by atoms with Crippen LogP contribution in [0.5, 0.6) is 0 Å². The Balaban J connectivity index is 3.21. The van der Waals surface area contributed by atoms with Crippen LogP contribution in [-0.2, 0) is 10.5 Å². The third kappa shape index (κ3) is 1.85. The highest BCUT2D eigenvalue weighted by atomic mass is 35.5. The molecule has 5 heteroatoms. The molecule has 0 saturated heterocycles. The molecule has 0 heterocycles. The number of alkyl halides is 1. The Labute approximate surface area is 84.1 Å². The van der Waals surface area contributed by atoms with E-state index in [0.29, 0.717) is 0 Å². The molecule has 0 radical (unpaired) electrons. The van der Waals surface area contributed by atoms with Gasteiger partial charge in [-0.15, -0.1) is 0 Å². The van der Waals surface area contributed by atoms with Gasteiger partial charge in [-0.05, 0) is 19.1 Å². The predicted octanol–water partition coefficient (Wildman–Crippen LogP) is 2.75. The summed E-state index contributed by atoms with van der Waals surface area (Å²) < 4.78 is 26.3. The van der Waals surface area contributed by atoms with Crippen molar-refractivity contribution in [3.8, 4) is 0 Å². The van der Waals surface area contributed by atoms with Gasteiger partial charge in [-0.3, -0.25) is 0 Å². The standard InChI is InChI=1S/C9H7ClF2O2/c1-9(12,8(13)14)5-2-3-6(10)7(11)4-5/h2-4H,1H3,(H,13,14). The fourth-order valence-corrected chi connectivity index (χ4v) is 1.03. The third-order valence-electron chi connectivity index (χ3n) is 1.86. The van der Waals surface area contributed by atoms with Crippen LogP contribution in [0.25, 0.3) is 0 Å². The Morgan fingerprint density at radius 1 is 1.57 bits per heavy atom. The summed E-state index contributed by atoms with van der Waals surface area (Å²) in [5.74, 6) is -2.51. The lowest BCUT2D eigenvalue weighted by molar-refractivity contribution is -0.150. The molecule has 2 nitrogen and oxygen atoms in total. The fourth-order valence-electron chi connectivity index (χ4n) is 0.912. The number of hydrogen-bond acceptors (Lipinski definition) is 1. The normalized spacial score (nSPS) is 14.9. The monoisotopic (exact) mass is 220 g/mol. The lowest BCUT2D eigenvalue weighted by Gasteiger charge is -2.15. The van der Waals surface area contributed by atoms with Crippen molar-refractivity contribution in [2.45, 2.75) is 12.6 Å². The van der Waals surface area contributed by atoms with Gasteiger partial charge < -0.3 is 5.11 Å². The molecule has 1 aromatic carbocycles. The van der Waals surface area contributed by atoms with Crippen molar-refractivity contribution in [3.63, 3.8) is 0 Å². The number of rotatable bonds is 2. The number of benzene rings is 1. The summed E-state index contributed by atoms with van der Waals surface area (Å²) >= 11 is 5.37. The molecule has 1 unspecified atom stereocenters. The van der Waals surface area contributed by atoms with Gasteiger partial charge in [0.2, 0.25) is 5.67 Å². The molecule has 76 valence electrons. The number of hydrogen-bond donors (Lipinski definition) is 1. The number of carboxylic acid groups (broad SMARTS) is 1. The molecular weight excluding hydrogens is 214 g/mol. The van der Waals surface area contributed by atoms with E-state index >= 15 is 0 Å². The van der Waals surface area contributed by atoms with Gasteiger partial charge in [0, 0.05) is 5.56 Å². The third-order valence-corrected chi connectivity index (χ3v) is 2.17. The summed E-state index contributed by atoms with van der Waals surface area (Å²) in [5.41, 5.74) is -2.88. The number of halogens is 3. The average molecular weight is 221 g/mol. The van der Waals surface area contributed by atoms with Gasteiger partial charge in [0.05, 0.1) is 5.02 Å². The van der Waals surface area contributed by atoms with Crippen molar-refractivity contribution in [1.82, 2.24) is 0 Å². The van der Waals surface area contributed by atoms with Crippen LogP contribution in [0.2, 0.25) is 5.02 Å². The molecule has 0 aliphatic carbocycles. The molecule has 1 N–H and O–H groups in total. The molecule has 1 atom stereocenters. The lowest BCUT2D eigenvalue weighted by atomic mass is 9.98. The highest BCUT2D eigenvalue weighted by Gasteiger charge is 2.35. The van der Waals surface area contributed by atoms with E-state index in [9.17, 15) is 13.6 Å². The van der Waals surface area contributed by atoms with Gasteiger partial charge in [0.25, 0.3) is 0 Å². The van der Waals surface area contributed by atoms with Crippen molar-refractivity contribution in [2.24, 2.45) is 0 Å². The van der Waals surface area contributed by atoms with E-state index in [1.807, 2.05) is 0 Å². The lowest BCUT2D eigenvalue weighted by Crippen LogP contribution is -2.26. The predicted molar refractivity (Wildman–Crippen MR) is 47.5 cm³/mol. The van der Waals surface area contributed by atoms with Crippen LogP contribution < -0.4 is 0 Å². The van der Waals surface area contributed by atoms with Crippen molar-refractivity contribution >= 4 is 17.6 Å². The Bertz CT molecular complexity index is 377. The molecule has 1 rings (SSSR count). The molecule has 0 amide bonds. The molecule has 0 spiro atoms. The first-order valence-corrected chi connectivity index (χ1v) is 4.11. The van der Waals surface area contributed by atoms with Crippen LogP contribution in [-0.4, -0.2) is 11.1 Å². The maximum absolute atomic E-state index is 13.4. The van der Waals surface area contributed by atoms with E-state index in [2.05, 4.69) is 0 Å². The van der Waals surface area contributed by atoms with Crippen LogP contribution >= 0.6 is 11.6 Å². The molecule has 0 saturated carbocycles. The summed E-state index contributed by atoms with van der Waals surface area (Å²) in [6.45, 7) is 0.845. The minimum atomic E-state index is -2.61. The van der Waals surface area contributed by atoms with E-state index in [1.165, 1.54) is 0 Å². The van der Waals surface area contributed by atoms with Crippen molar-refractivity contribution in [2.75, 3.05) is 0 Å². The summed E-state index contributed by atoms with van der Waals surface area (Å²) in [7, 11) is 0. The van der Waals surface area contributed by atoms with Gasteiger partial charge in [-0.25, -0.2) is 13.6 Å². The zero-order valence-corrected chi connectivity index (χ0v) is 7.98. The zero-order chi connectivity index (χ0) is 10.9. The summed E-state index contributed by atoms with van der Waals surface area (Å²) in [6, 6.07) is 3.03. The van der Waals surface area contributed by atoms with Gasteiger partial charge in [0.15, 0.2) is 0 Å². The number of aliphatic carboxylic acids is 1. The highest BCUT2D eigenvalue weighted by molar-refractivity contribution is 6.30. The summed E-state index contributed by atoms with van der Waals surface area (Å²) in [5, 5.41) is 8.35. The second-order valence-electron chi connectivity index (χ2n) is 2.94. The van der Waals surface area contributed by atoms with Gasteiger partial charge in [0.1, 0.15) is 5.82 Å². The summed E-state index contributed by atoms with van der Waals surface area (Å²) in [6.07, 6.45) is 0. The van der Waals surface area contributed by atoms with Crippen LogP contribution in [0.1, 0.15) is 12.5 Å². The van der Waals surface area contributed by atoms with E-state index in [-0.39, 0.29) is 10.6 Å². The molecule has 0 aromatic heterocycles. The van der Waals surface area contributed by atoms with E-state index in [4.69, 9.17) is 16.7 Å². The minimum absolute atomic E-state index is 0.171. The Hall–Kier alpha value is -1.16. The topological polar surface area (TPSA) is 37.3 Å². The highest BCUT2D eigenvalue weighted by Crippen LogP contribution is 2.28. The Morgan fingerprint density at radius 2 is 2.14 bits per heavy atom. The second kappa shape index (κ2) is 3.53. The number of carbonyl (C=O) groups is 1. The molecule has 0 bridgehead atoms. The zero-order valence-electron chi connectivity index (χ0n) is 7.22. The molecule has 0 aliphatic rings. The van der Waals surface area contributed by atoms with Crippen LogP contribution in [0.15, 0.2) is 18.2 Å². The number of carboxylic acids is 1. The SMILES string of the molecule is CC(F)(C(=O)O)c1ccc(Cl)c(F)c1. The largest absolute Gasteiger partial charge is 0.479 e. The maximum Gasteiger partial charge on any atom is 0.345 e. The maximum atomic E-state index is 13.4.